The van der Waals surface area contributed by atoms with Crippen molar-refractivity contribution in [3.05, 3.63) is 64.8 Å². The average Bonchev–Trinajstić information content (AvgIpc) is 2.86. The van der Waals surface area contributed by atoms with Crippen molar-refractivity contribution in [3.63, 3.8) is 0 Å². The molecule has 0 bridgehead atoms. The summed E-state index contributed by atoms with van der Waals surface area (Å²) >= 11 is 12.4. The zero-order chi connectivity index (χ0) is 15.7. The van der Waals surface area contributed by atoms with Gasteiger partial charge in [0.2, 0.25) is 0 Å². The summed E-state index contributed by atoms with van der Waals surface area (Å²) in [6.07, 6.45) is 0. The minimum absolute atomic E-state index is 0.237. The van der Waals surface area contributed by atoms with E-state index >= 15 is 0 Å². The van der Waals surface area contributed by atoms with Gasteiger partial charge in [0.25, 0.3) is 0 Å². The van der Waals surface area contributed by atoms with Crippen LogP contribution in [-0.2, 0) is 0 Å². The Balaban J connectivity index is 2.23. The number of hydrogen-bond donors (Lipinski definition) is 0. The Morgan fingerprint density at radius 3 is 2.09 bits per heavy atom. The Bertz CT molecular complexity index is 775. The van der Waals surface area contributed by atoms with Gasteiger partial charge < -0.3 is 4.57 Å². The number of benzene rings is 2. The number of rotatable bonds is 3. The Morgan fingerprint density at radius 1 is 0.864 bits per heavy atom. The molecular formula is C18H16Cl2N2. The van der Waals surface area contributed by atoms with Crippen molar-refractivity contribution in [1.29, 1.82) is 0 Å². The van der Waals surface area contributed by atoms with Crippen molar-refractivity contribution < 1.29 is 0 Å². The molecule has 0 spiro atoms. The van der Waals surface area contributed by atoms with Gasteiger partial charge in [0, 0.05) is 22.2 Å². The third kappa shape index (κ3) is 2.77. The van der Waals surface area contributed by atoms with Gasteiger partial charge in [0.05, 0.1) is 5.69 Å². The van der Waals surface area contributed by atoms with Crippen molar-refractivity contribution >= 4 is 23.2 Å². The number of hydrogen-bond acceptors (Lipinski definition) is 1. The van der Waals surface area contributed by atoms with Gasteiger partial charge in [-0.1, -0.05) is 53.5 Å². The van der Waals surface area contributed by atoms with Crippen LogP contribution in [-0.4, -0.2) is 9.55 Å². The van der Waals surface area contributed by atoms with E-state index in [1.807, 2.05) is 54.6 Å². The molecule has 0 aliphatic rings. The van der Waals surface area contributed by atoms with Crippen molar-refractivity contribution in [2.45, 2.75) is 19.9 Å². The van der Waals surface area contributed by atoms with Crippen LogP contribution in [0.25, 0.3) is 22.6 Å². The first-order chi connectivity index (χ1) is 10.6. The monoisotopic (exact) mass is 330 g/mol. The molecule has 0 aliphatic carbocycles. The lowest BCUT2D eigenvalue weighted by molar-refractivity contribution is 0.612. The van der Waals surface area contributed by atoms with E-state index in [2.05, 4.69) is 23.4 Å². The van der Waals surface area contributed by atoms with Crippen LogP contribution in [0, 0.1) is 0 Å². The third-order valence-corrected chi connectivity index (χ3v) is 4.05. The molecule has 112 valence electrons. The van der Waals surface area contributed by atoms with Gasteiger partial charge in [0.1, 0.15) is 5.82 Å². The molecule has 0 N–H and O–H groups in total. The maximum Gasteiger partial charge on any atom is 0.155 e. The second-order valence-corrected chi connectivity index (χ2v) is 6.21. The number of aromatic nitrogens is 2. The molecule has 3 aromatic rings. The van der Waals surface area contributed by atoms with Crippen LogP contribution < -0.4 is 0 Å². The average molecular weight is 331 g/mol. The van der Waals surface area contributed by atoms with Gasteiger partial charge in [-0.2, -0.15) is 0 Å². The lowest BCUT2D eigenvalue weighted by Gasteiger charge is -2.16. The molecule has 0 saturated carbocycles. The lowest BCUT2D eigenvalue weighted by atomic mass is 10.1. The summed E-state index contributed by atoms with van der Waals surface area (Å²) < 4.78 is 2.17. The summed E-state index contributed by atoms with van der Waals surface area (Å²) in [6.45, 7) is 4.26. The molecule has 3 rings (SSSR count). The smallest absolute Gasteiger partial charge is 0.155 e. The molecule has 0 radical (unpaired) electrons. The molecule has 0 amide bonds. The van der Waals surface area contributed by atoms with Crippen LogP contribution in [0.5, 0.6) is 0 Å². The van der Waals surface area contributed by atoms with Crippen molar-refractivity contribution in [3.8, 4) is 22.6 Å². The molecule has 0 saturated heterocycles. The topological polar surface area (TPSA) is 17.8 Å². The van der Waals surface area contributed by atoms with Gasteiger partial charge in [-0.05, 0) is 38.1 Å². The normalized spacial score (nSPS) is 11.1. The van der Waals surface area contributed by atoms with Crippen LogP contribution in [0.2, 0.25) is 10.2 Å². The fraction of sp³-hybridized carbons (Fsp3) is 0.167. The molecule has 1 aromatic heterocycles. The number of halogens is 2. The summed E-state index contributed by atoms with van der Waals surface area (Å²) in [5, 5.41) is 1.23. The van der Waals surface area contributed by atoms with Crippen LogP contribution in [0.3, 0.4) is 0 Å². The van der Waals surface area contributed by atoms with Crippen molar-refractivity contribution in [2.24, 2.45) is 0 Å². The predicted octanol–water partition coefficient (Wildman–Crippen LogP) is 6.10. The highest BCUT2D eigenvalue weighted by Gasteiger charge is 2.20. The Labute approximate surface area is 140 Å². The van der Waals surface area contributed by atoms with Crippen LogP contribution in [0.4, 0.5) is 0 Å². The van der Waals surface area contributed by atoms with Gasteiger partial charge in [0.15, 0.2) is 5.15 Å². The lowest BCUT2D eigenvalue weighted by Crippen LogP contribution is -2.05. The summed E-state index contributed by atoms with van der Waals surface area (Å²) in [7, 11) is 0. The summed E-state index contributed by atoms with van der Waals surface area (Å²) in [4.78, 5) is 4.59. The minimum atomic E-state index is 0.237. The largest absolute Gasteiger partial charge is 0.320 e. The molecule has 4 heteroatoms. The maximum atomic E-state index is 6.45. The van der Waals surface area contributed by atoms with Crippen molar-refractivity contribution in [2.75, 3.05) is 0 Å². The molecule has 0 aliphatic heterocycles. The first-order valence-corrected chi connectivity index (χ1v) is 7.92. The summed E-state index contributed by atoms with van der Waals surface area (Å²) in [6, 6.07) is 18.0. The Hall–Kier alpha value is -1.77. The van der Waals surface area contributed by atoms with Gasteiger partial charge in [-0.15, -0.1) is 0 Å². The maximum absolute atomic E-state index is 6.45. The van der Waals surface area contributed by atoms with Crippen molar-refractivity contribution in [1.82, 2.24) is 9.55 Å². The van der Waals surface area contributed by atoms with E-state index in [9.17, 15) is 0 Å². The molecular weight excluding hydrogens is 315 g/mol. The third-order valence-electron chi connectivity index (χ3n) is 3.53. The standard InChI is InChI=1S/C18H16Cl2N2/c1-12(2)22-16(13-6-4-3-5-7-13)17(20)21-18(22)14-8-10-15(19)11-9-14/h3-12H,1-2H3. The van der Waals surface area contributed by atoms with Gasteiger partial charge >= 0.3 is 0 Å². The summed E-state index contributed by atoms with van der Waals surface area (Å²) in [5.74, 6) is 0.857. The predicted molar refractivity (Wildman–Crippen MR) is 93.5 cm³/mol. The van der Waals surface area contributed by atoms with Crippen LogP contribution in [0.1, 0.15) is 19.9 Å². The van der Waals surface area contributed by atoms with Gasteiger partial charge in [-0.3, -0.25) is 0 Å². The Kier molecular flexibility index (Phi) is 4.23. The quantitative estimate of drug-likeness (QED) is 0.566. The second-order valence-electron chi connectivity index (χ2n) is 5.41. The van der Waals surface area contributed by atoms with E-state index in [1.54, 1.807) is 0 Å². The molecule has 1 heterocycles. The summed E-state index contributed by atoms with van der Waals surface area (Å²) in [5.41, 5.74) is 3.01. The fourth-order valence-electron chi connectivity index (χ4n) is 2.56. The van der Waals surface area contributed by atoms with E-state index in [-0.39, 0.29) is 6.04 Å². The molecule has 2 aromatic carbocycles. The molecule has 22 heavy (non-hydrogen) atoms. The SMILES string of the molecule is CC(C)n1c(-c2ccc(Cl)cc2)nc(Cl)c1-c1ccccc1. The highest BCUT2D eigenvalue weighted by atomic mass is 35.5. The van der Waals surface area contributed by atoms with E-state index in [0.29, 0.717) is 10.2 Å². The van der Waals surface area contributed by atoms with E-state index in [0.717, 1.165) is 22.6 Å². The highest BCUT2D eigenvalue weighted by Crippen LogP contribution is 2.35. The van der Waals surface area contributed by atoms with Crippen LogP contribution in [0.15, 0.2) is 54.6 Å². The molecule has 0 fully saturated rings. The molecule has 0 unspecified atom stereocenters. The number of nitrogens with zero attached hydrogens (tertiary/aromatic N) is 2. The Morgan fingerprint density at radius 2 is 1.50 bits per heavy atom. The van der Waals surface area contributed by atoms with Gasteiger partial charge in [-0.25, -0.2) is 4.98 Å². The first kappa shape index (κ1) is 15.1. The zero-order valence-electron chi connectivity index (χ0n) is 12.4. The first-order valence-electron chi connectivity index (χ1n) is 7.17. The molecule has 0 atom stereocenters. The van der Waals surface area contributed by atoms with E-state index < -0.39 is 0 Å². The number of imidazole rings is 1. The fourth-order valence-corrected chi connectivity index (χ4v) is 2.97. The van der Waals surface area contributed by atoms with E-state index in [4.69, 9.17) is 23.2 Å². The highest BCUT2D eigenvalue weighted by molar-refractivity contribution is 6.32. The molecule has 2 nitrogen and oxygen atoms in total. The second kappa shape index (κ2) is 6.15. The van der Waals surface area contributed by atoms with Crippen LogP contribution >= 0.6 is 23.2 Å². The van der Waals surface area contributed by atoms with E-state index in [1.165, 1.54) is 0 Å². The zero-order valence-corrected chi connectivity index (χ0v) is 13.9. The minimum Gasteiger partial charge on any atom is -0.320 e.